The van der Waals surface area contributed by atoms with Gasteiger partial charge in [0.2, 0.25) is 0 Å². The zero-order valence-electron chi connectivity index (χ0n) is 9.91. The summed E-state index contributed by atoms with van der Waals surface area (Å²) >= 11 is 0. The third-order valence-electron chi connectivity index (χ3n) is 2.13. The lowest BCUT2D eigenvalue weighted by molar-refractivity contribution is 0.176. The van der Waals surface area contributed by atoms with E-state index in [0.717, 1.165) is 12.1 Å². The van der Waals surface area contributed by atoms with Gasteiger partial charge in [0.25, 0.3) is 0 Å². The Morgan fingerprint density at radius 3 is 2.53 bits per heavy atom. The van der Waals surface area contributed by atoms with Crippen LogP contribution in [0.3, 0.4) is 0 Å². The molecule has 0 aromatic heterocycles. The first-order chi connectivity index (χ1) is 8.02. The molecule has 0 amide bonds. The van der Waals surface area contributed by atoms with Gasteiger partial charge in [-0.15, -0.1) is 0 Å². The van der Waals surface area contributed by atoms with Gasteiger partial charge in [0.1, 0.15) is 12.4 Å². The Balaban J connectivity index is 2.50. The molecular formula is C12H17F2NO2. The molecule has 17 heavy (non-hydrogen) atoms. The molecule has 5 heteroatoms. The Labute approximate surface area is 99.4 Å². The molecule has 1 aromatic rings. The summed E-state index contributed by atoms with van der Waals surface area (Å²) in [5, 5.41) is 12.2. The second-order valence-electron chi connectivity index (χ2n) is 4.09. The predicted octanol–water partition coefficient (Wildman–Crippen LogP) is 1.70. The first kappa shape index (κ1) is 13.9. The lowest BCUT2D eigenvalue weighted by atomic mass is 10.2. The number of nitrogens with one attached hydrogen (secondary N) is 1. The van der Waals surface area contributed by atoms with Gasteiger partial charge in [-0.3, -0.25) is 0 Å². The molecule has 96 valence electrons. The van der Waals surface area contributed by atoms with E-state index >= 15 is 0 Å². The minimum absolute atomic E-state index is 0.0815. The van der Waals surface area contributed by atoms with Crippen LogP contribution in [-0.4, -0.2) is 30.4 Å². The summed E-state index contributed by atoms with van der Waals surface area (Å²) in [4.78, 5) is 0. The predicted molar refractivity (Wildman–Crippen MR) is 61.0 cm³/mol. The van der Waals surface area contributed by atoms with Gasteiger partial charge < -0.3 is 15.2 Å². The van der Waals surface area contributed by atoms with E-state index in [1.807, 2.05) is 13.8 Å². The summed E-state index contributed by atoms with van der Waals surface area (Å²) < 4.78 is 30.8. The average molecular weight is 245 g/mol. The third-order valence-corrected chi connectivity index (χ3v) is 2.13. The fourth-order valence-corrected chi connectivity index (χ4v) is 1.39. The minimum atomic E-state index is -0.945. The largest absolute Gasteiger partial charge is 0.492 e. The number of ether oxygens (including phenoxy) is 1. The molecule has 1 unspecified atom stereocenters. The van der Waals surface area contributed by atoms with Crippen molar-refractivity contribution in [1.82, 2.24) is 5.32 Å². The number of aliphatic hydroxyl groups is 1. The normalized spacial score (nSPS) is 12.8. The molecule has 1 rings (SSSR count). The van der Waals surface area contributed by atoms with E-state index < -0.39 is 11.6 Å². The fourth-order valence-electron chi connectivity index (χ4n) is 1.39. The molecule has 1 aromatic carbocycles. The van der Waals surface area contributed by atoms with Crippen LogP contribution in [0, 0.1) is 11.6 Å². The summed E-state index contributed by atoms with van der Waals surface area (Å²) in [6, 6.07) is 3.32. The Morgan fingerprint density at radius 2 is 2.00 bits per heavy atom. The summed E-state index contributed by atoms with van der Waals surface area (Å²) in [6.45, 7) is 4.00. The van der Waals surface area contributed by atoms with Crippen molar-refractivity contribution in [3.8, 4) is 5.75 Å². The highest BCUT2D eigenvalue weighted by Gasteiger charge is 2.10. The van der Waals surface area contributed by atoms with Crippen LogP contribution in [0.1, 0.15) is 13.8 Å². The third kappa shape index (κ3) is 4.66. The van der Waals surface area contributed by atoms with Crippen LogP contribution in [0.5, 0.6) is 5.75 Å². The van der Waals surface area contributed by atoms with Gasteiger partial charge in [-0.2, -0.15) is 0 Å². The van der Waals surface area contributed by atoms with Crippen LogP contribution in [-0.2, 0) is 0 Å². The number of rotatable bonds is 6. The van der Waals surface area contributed by atoms with E-state index in [1.54, 1.807) is 0 Å². The molecule has 1 atom stereocenters. The van der Waals surface area contributed by atoms with Crippen LogP contribution in [0.4, 0.5) is 8.78 Å². The summed E-state index contributed by atoms with van der Waals surface area (Å²) in [5.41, 5.74) is 0. The maximum absolute atomic E-state index is 12.9. The Bertz CT molecular complexity index is 358. The van der Waals surface area contributed by atoms with E-state index in [2.05, 4.69) is 5.32 Å². The molecular weight excluding hydrogens is 228 g/mol. The van der Waals surface area contributed by atoms with Gasteiger partial charge in [0, 0.05) is 12.1 Å². The molecule has 0 heterocycles. The quantitative estimate of drug-likeness (QED) is 0.801. The van der Waals surface area contributed by atoms with Crippen LogP contribution >= 0.6 is 0 Å². The minimum Gasteiger partial charge on any atom is -0.492 e. The zero-order valence-corrected chi connectivity index (χ0v) is 9.91. The van der Waals surface area contributed by atoms with Crippen molar-refractivity contribution >= 4 is 0 Å². The van der Waals surface area contributed by atoms with Crippen molar-refractivity contribution in [2.45, 2.75) is 25.9 Å². The Morgan fingerprint density at radius 1 is 1.29 bits per heavy atom. The van der Waals surface area contributed by atoms with Gasteiger partial charge in [-0.25, -0.2) is 8.78 Å². The van der Waals surface area contributed by atoms with Crippen molar-refractivity contribution in [1.29, 1.82) is 0 Å². The molecule has 0 spiro atoms. The van der Waals surface area contributed by atoms with Crippen LogP contribution in [0.2, 0.25) is 0 Å². The number of aliphatic hydroxyl groups excluding tert-OH is 1. The fraction of sp³-hybridized carbons (Fsp3) is 0.500. The Hall–Kier alpha value is -1.20. The zero-order chi connectivity index (χ0) is 12.8. The molecule has 0 fully saturated rings. The molecule has 0 radical (unpaired) electrons. The Kier molecular flexibility index (Phi) is 5.31. The van der Waals surface area contributed by atoms with E-state index in [-0.39, 0.29) is 31.0 Å². The second-order valence-corrected chi connectivity index (χ2v) is 4.09. The van der Waals surface area contributed by atoms with Crippen LogP contribution < -0.4 is 10.1 Å². The van der Waals surface area contributed by atoms with Crippen molar-refractivity contribution < 1.29 is 18.6 Å². The first-order valence-electron chi connectivity index (χ1n) is 5.47. The molecule has 0 aliphatic rings. The molecule has 0 bridgehead atoms. The van der Waals surface area contributed by atoms with Gasteiger partial charge in [-0.05, 0) is 12.1 Å². The summed E-state index contributed by atoms with van der Waals surface area (Å²) in [6.07, 6.45) is 0. The van der Waals surface area contributed by atoms with Crippen LogP contribution in [0.15, 0.2) is 18.2 Å². The van der Waals surface area contributed by atoms with Crippen molar-refractivity contribution in [2.75, 3.05) is 13.2 Å². The number of hydrogen-bond donors (Lipinski definition) is 2. The standard InChI is InChI=1S/C12H17F2NO2/c1-8(2)15-9(6-16)7-17-10-3-4-11(13)12(14)5-10/h3-5,8-9,15-16H,6-7H2,1-2H3. The monoisotopic (exact) mass is 245 g/mol. The maximum Gasteiger partial charge on any atom is 0.162 e. The van der Waals surface area contributed by atoms with Crippen molar-refractivity contribution in [3.63, 3.8) is 0 Å². The molecule has 0 saturated heterocycles. The highest BCUT2D eigenvalue weighted by atomic mass is 19.2. The first-order valence-corrected chi connectivity index (χ1v) is 5.47. The molecule has 0 saturated carbocycles. The summed E-state index contributed by atoms with van der Waals surface area (Å²) in [5.74, 6) is -1.61. The van der Waals surface area contributed by atoms with Gasteiger partial charge in [0.15, 0.2) is 11.6 Å². The SMILES string of the molecule is CC(C)NC(CO)COc1ccc(F)c(F)c1. The van der Waals surface area contributed by atoms with Crippen molar-refractivity contribution in [2.24, 2.45) is 0 Å². The van der Waals surface area contributed by atoms with Gasteiger partial charge in [-0.1, -0.05) is 13.8 Å². The number of benzene rings is 1. The smallest absolute Gasteiger partial charge is 0.162 e. The molecule has 0 aliphatic carbocycles. The maximum atomic E-state index is 12.9. The van der Waals surface area contributed by atoms with Crippen molar-refractivity contribution in [3.05, 3.63) is 29.8 Å². The molecule has 0 aliphatic heterocycles. The molecule has 3 nitrogen and oxygen atoms in total. The van der Waals surface area contributed by atoms with E-state index in [1.165, 1.54) is 6.07 Å². The summed E-state index contributed by atoms with van der Waals surface area (Å²) in [7, 11) is 0. The van der Waals surface area contributed by atoms with E-state index in [4.69, 9.17) is 9.84 Å². The molecule has 2 N–H and O–H groups in total. The topological polar surface area (TPSA) is 41.5 Å². The lowest BCUT2D eigenvalue weighted by Gasteiger charge is -2.19. The average Bonchev–Trinajstić information content (AvgIpc) is 2.28. The van der Waals surface area contributed by atoms with E-state index in [9.17, 15) is 8.78 Å². The van der Waals surface area contributed by atoms with E-state index in [0.29, 0.717) is 0 Å². The highest BCUT2D eigenvalue weighted by molar-refractivity contribution is 5.23. The lowest BCUT2D eigenvalue weighted by Crippen LogP contribution is -2.41. The number of hydrogen-bond acceptors (Lipinski definition) is 3. The van der Waals surface area contributed by atoms with Crippen LogP contribution in [0.25, 0.3) is 0 Å². The second kappa shape index (κ2) is 6.51. The highest BCUT2D eigenvalue weighted by Crippen LogP contribution is 2.15. The van der Waals surface area contributed by atoms with Gasteiger partial charge >= 0.3 is 0 Å². The van der Waals surface area contributed by atoms with Gasteiger partial charge in [0.05, 0.1) is 12.6 Å². The number of halogens is 2.